The molecule has 0 unspecified atom stereocenters. The molecule has 5 nitrogen and oxygen atoms in total. The van der Waals surface area contributed by atoms with Crippen LogP contribution in [0.2, 0.25) is 15.1 Å². The van der Waals surface area contributed by atoms with E-state index in [1.807, 2.05) is 0 Å². The second-order valence-corrected chi connectivity index (χ2v) is 10.6. The van der Waals surface area contributed by atoms with Gasteiger partial charge in [0.05, 0.1) is 23.3 Å². The van der Waals surface area contributed by atoms with Crippen LogP contribution >= 0.6 is 34.8 Å². The predicted octanol–water partition coefficient (Wildman–Crippen LogP) is 7.38. The number of aliphatic imine (C=N–C) groups is 1. The molecule has 0 spiro atoms. The molecule has 0 radical (unpaired) electrons. The molecule has 0 aliphatic carbocycles. The average Bonchev–Trinajstić information content (AvgIpc) is 3.27. The summed E-state index contributed by atoms with van der Waals surface area (Å²) in [6, 6.07) is 23.6. The monoisotopic (exact) mass is 532 g/mol. The zero-order valence-electron chi connectivity index (χ0n) is 17.7. The summed E-state index contributed by atoms with van der Waals surface area (Å²) in [4.78, 5) is 4.50. The summed E-state index contributed by atoms with van der Waals surface area (Å²) in [6.45, 7) is 0.166. The Balaban J connectivity index is 1.58. The average molecular weight is 534 g/mol. The first-order valence-corrected chi connectivity index (χ1v) is 12.8. The third-order valence-electron chi connectivity index (χ3n) is 4.91. The Labute approximate surface area is 213 Å². The molecule has 0 saturated heterocycles. The standard InChI is InChI=1S/C25H19Cl3N2O3S/c26-19-3-1-18(2-4-19)16-30(34(31,32)25-13-7-21(28)8-14-25)17-24-12-11-23(33-24)15-29-22-9-5-20(27)6-10-22/h1-15H,16-17H2. The van der Waals surface area contributed by atoms with E-state index in [4.69, 9.17) is 39.2 Å². The van der Waals surface area contributed by atoms with Crippen LogP contribution < -0.4 is 0 Å². The summed E-state index contributed by atoms with van der Waals surface area (Å²) in [5.74, 6) is 0.976. The second kappa shape index (κ2) is 10.8. The van der Waals surface area contributed by atoms with Crippen LogP contribution in [0.5, 0.6) is 0 Å². The highest BCUT2D eigenvalue weighted by atomic mass is 35.5. The van der Waals surface area contributed by atoms with Crippen molar-refractivity contribution < 1.29 is 12.8 Å². The minimum absolute atomic E-state index is 0.0301. The van der Waals surface area contributed by atoms with Gasteiger partial charge in [-0.25, -0.2) is 8.42 Å². The summed E-state index contributed by atoms with van der Waals surface area (Å²) >= 11 is 17.8. The van der Waals surface area contributed by atoms with Crippen molar-refractivity contribution in [3.05, 3.63) is 117 Å². The molecule has 3 aromatic carbocycles. The lowest BCUT2D eigenvalue weighted by Crippen LogP contribution is -2.30. The minimum atomic E-state index is -3.84. The Kier molecular flexibility index (Phi) is 7.76. The van der Waals surface area contributed by atoms with Crippen molar-refractivity contribution in [3.8, 4) is 0 Å². The second-order valence-electron chi connectivity index (χ2n) is 7.39. The van der Waals surface area contributed by atoms with Crippen molar-refractivity contribution >= 4 is 56.7 Å². The number of hydrogen-bond donors (Lipinski definition) is 0. The van der Waals surface area contributed by atoms with Crippen LogP contribution in [0.15, 0.2) is 99.2 Å². The molecule has 0 N–H and O–H groups in total. The maximum Gasteiger partial charge on any atom is 0.243 e. The van der Waals surface area contributed by atoms with Crippen molar-refractivity contribution in [2.24, 2.45) is 4.99 Å². The third-order valence-corrected chi connectivity index (χ3v) is 7.47. The maximum atomic E-state index is 13.4. The molecule has 0 saturated carbocycles. The molecule has 0 aliphatic heterocycles. The van der Waals surface area contributed by atoms with E-state index in [0.717, 1.165) is 11.3 Å². The van der Waals surface area contributed by atoms with Gasteiger partial charge in [-0.2, -0.15) is 4.31 Å². The molecule has 1 heterocycles. The summed E-state index contributed by atoms with van der Waals surface area (Å²) in [5.41, 5.74) is 1.51. The Morgan fingerprint density at radius 1 is 0.735 bits per heavy atom. The first-order chi connectivity index (χ1) is 16.3. The smallest absolute Gasteiger partial charge is 0.243 e. The predicted molar refractivity (Wildman–Crippen MR) is 137 cm³/mol. The van der Waals surface area contributed by atoms with Crippen LogP contribution in [0.4, 0.5) is 5.69 Å². The van der Waals surface area contributed by atoms with Gasteiger partial charge in [0.15, 0.2) is 0 Å². The van der Waals surface area contributed by atoms with Crippen LogP contribution in [0.25, 0.3) is 0 Å². The van der Waals surface area contributed by atoms with E-state index in [9.17, 15) is 8.42 Å². The Hall–Kier alpha value is -2.61. The first-order valence-electron chi connectivity index (χ1n) is 10.2. The number of nitrogens with zero attached hydrogens (tertiary/aromatic N) is 2. The molecule has 0 atom stereocenters. The highest BCUT2D eigenvalue weighted by Crippen LogP contribution is 2.24. The van der Waals surface area contributed by atoms with Gasteiger partial charge >= 0.3 is 0 Å². The summed E-state index contributed by atoms with van der Waals surface area (Å²) in [7, 11) is -3.84. The van der Waals surface area contributed by atoms with Gasteiger partial charge in [-0.1, -0.05) is 46.9 Å². The third kappa shape index (κ3) is 6.29. The topological polar surface area (TPSA) is 62.9 Å². The van der Waals surface area contributed by atoms with Gasteiger partial charge in [-0.3, -0.25) is 4.99 Å². The van der Waals surface area contributed by atoms with E-state index in [-0.39, 0.29) is 18.0 Å². The molecule has 4 rings (SSSR count). The molecule has 0 bridgehead atoms. The fourth-order valence-corrected chi connectivity index (χ4v) is 4.94. The quantitative estimate of drug-likeness (QED) is 0.222. The fraction of sp³-hybridized carbons (Fsp3) is 0.0800. The van der Waals surface area contributed by atoms with Gasteiger partial charge in [0.25, 0.3) is 0 Å². The Bertz CT molecular complexity index is 1380. The highest BCUT2D eigenvalue weighted by Gasteiger charge is 2.26. The van der Waals surface area contributed by atoms with E-state index >= 15 is 0 Å². The normalized spacial score (nSPS) is 12.0. The fourth-order valence-electron chi connectivity index (χ4n) is 3.16. The number of benzene rings is 3. The lowest BCUT2D eigenvalue weighted by atomic mass is 10.2. The van der Waals surface area contributed by atoms with Gasteiger partial charge in [0.2, 0.25) is 10.0 Å². The number of halogens is 3. The molecule has 34 heavy (non-hydrogen) atoms. The molecule has 1 aromatic heterocycles. The van der Waals surface area contributed by atoms with Crippen molar-refractivity contribution in [2.75, 3.05) is 0 Å². The zero-order valence-corrected chi connectivity index (χ0v) is 20.8. The van der Waals surface area contributed by atoms with Gasteiger partial charge in [-0.15, -0.1) is 0 Å². The van der Waals surface area contributed by atoms with Crippen LogP contribution in [0.1, 0.15) is 17.1 Å². The molecule has 0 fully saturated rings. The van der Waals surface area contributed by atoms with Crippen molar-refractivity contribution in [1.82, 2.24) is 4.31 Å². The summed E-state index contributed by atoms with van der Waals surface area (Å²) in [5, 5.41) is 1.66. The number of rotatable bonds is 8. The van der Waals surface area contributed by atoms with E-state index < -0.39 is 10.0 Å². The Morgan fingerprint density at radius 2 is 1.29 bits per heavy atom. The van der Waals surface area contributed by atoms with Crippen molar-refractivity contribution in [1.29, 1.82) is 0 Å². The zero-order chi connectivity index (χ0) is 24.1. The van der Waals surface area contributed by atoms with Crippen LogP contribution in [-0.2, 0) is 23.1 Å². The van der Waals surface area contributed by atoms with E-state index in [0.29, 0.717) is 26.6 Å². The molecule has 9 heteroatoms. The van der Waals surface area contributed by atoms with Crippen LogP contribution in [0.3, 0.4) is 0 Å². The van der Waals surface area contributed by atoms with Gasteiger partial charge in [0, 0.05) is 21.6 Å². The molecular weight excluding hydrogens is 515 g/mol. The molecule has 0 amide bonds. The minimum Gasteiger partial charge on any atom is -0.459 e. The van der Waals surface area contributed by atoms with E-state index in [1.165, 1.54) is 16.4 Å². The van der Waals surface area contributed by atoms with Gasteiger partial charge in [-0.05, 0) is 78.4 Å². The van der Waals surface area contributed by atoms with Gasteiger partial charge < -0.3 is 4.42 Å². The molecule has 0 aliphatic rings. The highest BCUT2D eigenvalue weighted by molar-refractivity contribution is 7.89. The van der Waals surface area contributed by atoms with Crippen molar-refractivity contribution in [2.45, 2.75) is 18.0 Å². The SMILES string of the molecule is O=S(=O)(c1ccc(Cl)cc1)N(Cc1ccc(Cl)cc1)Cc1ccc(C=Nc2ccc(Cl)cc2)o1. The number of sulfonamides is 1. The first kappa shape index (κ1) is 24.5. The lowest BCUT2D eigenvalue weighted by molar-refractivity contribution is 0.357. The summed E-state index contributed by atoms with van der Waals surface area (Å²) in [6.07, 6.45) is 1.57. The van der Waals surface area contributed by atoms with E-state index in [1.54, 1.807) is 79.0 Å². The summed E-state index contributed by atoms with van der Waals surface area (Å²) < 4.78 is 34.1. The van der Waals surface area contributed by atoms with Crippen LogP contribution in [0, 0.1) is 0 Å². The Morgan fingerprint density at radius 3 is 1.91 bits per heavy atom. The lowest BCUT2D eigenvalue weighted by Gasteiger charge is -2.21. The number of hydrogen-bond acceptors (Lipinski definition) is 4. The maximum absolute atomic E-state index is 13.4. The molecule has 4 aromatic rings. The van der Waals surface area contributed by atoms with Crippen LogP contribution in [-0.4, -0.2) is 18.9 Å². The van der Waals surface area contributed by atoms with E-state index in [2.05, 4.69) is 4.99 Å². The number of furan rings is 1. The molecular formula is C25H19Cl3N2O3S. The van der Waals surface area contributed by atoms with Gasteiger partial charge in [0.1, 0.15) is 11.5 Å². The van der Waals surface area contributed by atoms with Crippen molar-refractivity contribution in [3.63, 3.8) is 0 Å². The largest absolute Gasteiger partial charge is 0.459 e. The molecule has 174 valence electrons.